The zero-order valence-corrected chi connectivity index (χ0v) is 13.2. The molecule has 118 valence electrons. The molecule has 2 aromatic carbocycles. The zero-order valence-electron chi connectivity index (χ0n) is 13.2. The number of hydrogen-bond donors (Lipinski definition) is 0. The third-order valence-corrected chi connectivity index (χ3v) is 4.22. The van der Waals surface area contributed by atoms with Gasteiger partial charge >= 0.3 is 5.97 Å². The fourth-order valence-corrected chi connectivity index (χ4v) is 3.17. The number of benzene rings is 2. The summed E-state index contributed by atoms with van der Waals surface area (Å²) in [4.78, 5) is 24.6. The Morgan fingerprint density at radius 3 is 2.52 bits per heavy atom. The van der Waals surface area contributed by atoms with E-state index in [-0.39, 0.29) is 5.78 Å². The molecule has 0 aliphatic heterocycles. The topological polar surface area (TPSA) is 52.6 Å². The van der Waals surface area contributed by atoms with Crippen LogP contribution in [0.2, 0.25) is 0 Å². The highest BCUT2D eigenvalue weighted by Gasteiger charge is 2.26. The van der Waals surface area contributed by atoms with Crippen LogP contribution in [0.25, 0.3) is 11.1 Å². The van der Waals surface area contributed by atoms with Crippen molar-refractivity contribution in [3.8, 4) is 16.9 Å². The van der Waals surface area contributed by atoms with Gasteiger partial charge in [0.25, 0.3) is 0 Å². The summed E-state index contributed by atoms with van der Waals surface area (Å²) in [6.45, 7) is 0. The molecule has 0 saturated heterocycles. The zero-order chi connectivity index (χ0) is 16.4. The maximum absolute atomic E-state index is 12.5. The van der Waals surface area contributed by atoms with E-state index in [1.54, 1.807) is 19.2 Å². The van der Waals surface area contributed by atoms with Crippen molar-refractivity contribution in [2.75, 3.05) is 14.2 Å². The van der Waals surface area contributed by atoms with Crippen molar-refractivity contribution in [3.63, 3.8) is 0 Å². The van der Waals surface area contributed by atoms with Gasteiger partial charge in [-0.25, -0.2) is 4.79 Å². The molecule has 4 heteroatoms. The SMILES string of the molecule is COC(=O)c1ccccc1-c1ccc(OC)c2c1C(=O)CCC2. The van der Waals surface area contributed by atoms with Crippen LogP contribution in [-0.4, -0.2) is 26.0 Å². The molecule has 0 aromatic heterocycles. The molecule has 0 amide bonds. The third-order valence-electron chi connectivity index (χ3n) is 4.22. The van der Waals surface area contributed by atoms with Gasteiger partial charge in [-0.15, -0.1) is 0 Å². The predicted molar refractivity (Wildman–Crippen MR) is 87.0 cm³/mol. The van der Waals surface area contributed by atoms with E-state index in [1.807, 2.05) is 24.3 Å². The average molecular weight is 310 g/mol. The molecule has 0 saturated carbocycles. The fourth-order valence-electron chi connectivity index (χ4n) is 3.17. The Labute approximate surface area is 135 Å². The molecular weight excluding hydrogens is 292 g/mol. The Bertz CT molecular complexity index is 777. The molecule has 4 nitrogen and oxygen atoms in total. The van der Waals surface area contributed by atoms with E-state index >= 15 is 0 Å². The summed E-state index contributed by atoms with van der Waals surface area (Å²) >= 11 is 0. The van der Waals surface area contributed by atoms with Gasteiger partial charge in [-0.05, 0) is 42.2 Å². The molecule has 23 heavy (non-hydrogen) atoms. The molecule has 0 fully saturated rings. The van der Waals surface area contributed by atoms with Crippen LogP contribution in [-0.2, 0) is 11.2 Å². The number of esters is 1. The Hall–Kier alpha value is -2.62. The quantitative estimate of drug-likeness (QED) is 0.812. The summed E-state index contributed by atoms with van der Waals surface area (Å²) in [5.74, 6) is 0.417. The number of methoxy groups -OCH3 is 2. The molecule has 3 rings (SSSR count). The number of carbonyl (C=O) groups excluding carboxylic acids is 2. The lowest BCUT2D eigenvalue weighted by Crippen LogP contribution is -2.14. The number of Topliss-reactive ketones (excluding diaryl/α,β-unsaturated/α-hetero) is 1. The largest absolute Gasteiger partial charge is 0.496 e. The predicted octanol–water partition coefficient (Wildman–Crippen LogP) is 3.67. The first kappa shape index (κ1) is 15.3. The minimum atomic E-state index is -0.409. The smallest absolute Gasteiger partial charge is 0.338 e. The van der Waals surface area contributed by atoms with Crippen LogP contribution in [0, 0.1) is 0 Å². The van der Waals surface area contributed by atoms with Crippen LogP contribution in [0.3, 0.4) is 0 Å². The molecule has 0 N–H and O–H groups in total. The minimum absolute atomic E-state index is 0.0971. The summed E-state index contributed by atoms with van der Waals surface area (Å²) in [5.41, 5.74) is 3.55. The van der Waals surface area contributed by atoms with Crippen molar-refractivity contribution in [2.24, 2.45) is 0 Å². The van der Waals surface area contributed by atoms with Gasteiger partial charge in [0.2, 0.25) is 0 Å². The molecule has 1 aliphatic rings. The second-order valence-electron chi connectivity index (χ2n) is 5.48. The highest BCUT2D eigenvalue weighted by atomic mass is 16.5. The van der Waals surface area contributed by atoms with E-state index in [0.29, 0.717) is 23.1 Å². The van der Waals surface area contributed by atoms with Crippen molar-refractivity contribution < 1.29 is 19.1 Å². The molecular formula is C19H18O4. The van der Waals surface area contributed by atoms with E-state index < -0.39 is 5.97 Å². The molecule has 0 atom stereocenters. The van der Waals surface area contributed by atoms with Gasteiger partial charge in [0.05, 0.1) is 19.8 Å². The Balaban J connectivity index is 2.27. The third kappa shape index (κ3) is 2.61. The number of ether oxygens (including phenoxy) is 2. The summed E-state index contributed by atoms with van der Waals surface area (Å²) in [7, 11) is 2.96. The first-order valence-electron chi connectivity index (χ1n) is 7.58. The van der Waals surface area contributed by atoms with Gasteiger partial charge in [0, 0.05) is 17.5 Å². The number of rotatable bonds is 3. The molecule has 1 aliphatic carbocycles. The Kier molecular flexibility index (Phi) is 4.15. The van der Waals surface area contributed by atoms with Crippen LogP contribution < -0.4 is 4.74 Å². The van der Waals surface area contributed by atoms with Crippen molar-refractivity contribution >= 4 is 11.8 Å². The Morgan fingerprint density at radius 1 is 1.00 bits per heavy atom. The summed E-state index contributed by atoms with van der Waals surface area (Å²) in [6.07, 6.45) is 2.15. The van der Waals surface area contributed by atoms with E-state index in [1.165, 1.54) is 7.11 Å². The number of carbonyl (C=O) groups is 2. The molecule has 0 radical (unpaired) electrons. The summed E-state index contributed by atoms with van der Waals surface area (Å²) in [6, 6.07) is 10.9. The van der Waals surface area contributed by atoms with Crippen LogP contribution in [0.4, 0.5) is 0 Å². The van der Waals surface area contributed by atoms with Crippen molar-refractivity contribution in [2.45, 2.75) is 19.3 Å². The van der Waals surface area contributed by atoms with Crippen LogP contribution >= 0.6 is 0 Å². The van der Waals surface area contributed by atoms with Crippen molar-refractivity contribution in [3.05, 3.63) is 53.1 Å². The molecule has 0 spiro atoms. The first-order chi connectivity index (χ1) is 11.2. The normalized spacial score (nSPS) is 13.4. The number of fused-ring (bicyclic) bond motifs is 1. The van der Waals surface area contributed by atoms with E-state index in [2.05, 4.69) is 0 Å². The first-order valence-corrected chi connectivity index (χ1v) is 7.58. The monoisotopic (exact) mass is 310 g/mol. The average Bonchev–Trinajstić information content (AvgIpc) is 2.60. The molecule has 0 bridgehead atoms. The molecule has 0 heterocycles. The minimum Gasteiger partial charge on any atom is -0.496 e. The lowest BCUT2D eigenvalue weighted by Gasteiger charge is -2.22. The summed E-state index contributed by atoms with van der Waals surface area (Å²) in [5, 5.41) is 0. The second-order valence-corrected chi connectivity index (χ2v) is 5.48. The van der Waals surface area contributed by atoms with Crippen LogP contribution in [0.5, 0.6) is 5.75 Å². The van der Waals surface area contributed by atoms with E-state index in [9.17, 15) is 9.59 Å². The highest BCUT2D eigenvalue weighted by Crippen LogP contribution is 2.38. The fraction of sp³-hybridized carbons (Fsp3) is 0.263. The molecule has 0 unspecified atom stereocenters. The summed E-state index contributed by atoms with van der Waals surface area (Å²) < 4.78 is 10.3. The van der Waals surface area contributed by atoms with Gasteiger partial charge in [-0.3, -0.25) is 4.79 Å². The van der Waals surface area contributed by atoms with Crippen molar-refractivity contribution in [1.29, 1.82) is 0 Å². The van der Waals surface area contributed by atoms with Gasteiger partial charge in [-0.1, -0.05) is 18.2 Å². The number of hydrogen-bond acceptors (Lipinski definition) is 4. The Morgan fingerprint density at radius 2 is 1.78 bits per heavy atom. The maximum Gasteiger partial charge on any atom is 0.338 e. The second kappa shape index (κ2) is 6.24. The van der Waals surface area contributed by atoms with Gasteiger partial charge in [0.1, 0.15) is 5.75 Å². The number of ketones is 1. The van der Waals surface area contributed by atoms with Crippen molar-refractivity contribution in [1.82, 2.24) is 0 Å². The highest BCUT2D eigenvalue weighted by molar-refractivity contribution is 6.08. The van der Waals surface area contributed by atoms with Crippen LogP contribution in [0.1, 0.15) is 39.1 Å². The van der Waals surface area contributed by atoms with Gasteiger partial charge < -0.3 is 9.47 Å². The van der Waals surface area contributed by atoms with E-state index in [4.69, 9.17) is 9.47 Å². The van der Waals surface area contributed by atoms with Gasteiger partial charge in [-0.2, -0.15) is 0 Å². The van der Waals surface area contributed by atoms with Crippen LogP contribution in [0.15, 0.2) is 36.4 Å². The maximum atomic E-state index is 12.5. The lowest BCUT2D eigenvalue weighted by molar-refractivity contribution is 0.0601. The standard InChI is InChI=1S/C19H18O4/c1-22-17-11-10-13(18-15(17)8-5-9-16(18)20)12-6-3-4-7-14(12)19(21)23-2/h3-4,6-7,10-11H,5,8-9H2,1-2H3. The van der Waals surface area contributed by atoms with E-state index in [0.717, 1.165) is 29.7 Å². The lowest BCUT2D eigenvalue weighted by atomic mass is 9.83. The molecule has 2 aromatic rings. The van der Waals surface area contributed by atoms with Gasteiger partial charge in [0.15, 0.2) is 5.78 Å².